The van der Waals surface area contributed by atoms with Gasteiger partial charge in [-0.2, -0.15) is 0 Å². The minimum atomic E-state index is -0.288. The molecule has 2 aromatic carbocycles. The molecule has 2 amide bonds. The number of nitrogens with zero attached hydrogens (tertiary/aromatic N) is 2. The van der Waals surface area contributed by atoms with Gasteiger partial charge in [0.05, 0.1) is 7.11 Å². The van der Waals surface area contributed by atoms with Crippen molar-refractivity contribution in [2.75, 3.05) is 17.7 Å². The number of rotatable bonds is 6. The minimum Gasteiger partial charge on any atom is -0.496 e. The highest BCUT2D eigenvalue weighted by Crippen LogP contribution is 2.24. The molecule has 8 heteroatoms. The Morgan fingerprint density at radius 1 is 1.04 bits per heavy atom. The fourth-order valence-corrected chi connectivity index (χ4v) is 3.22. The number of amides is 2. The average Bonchev–Trinajstić information content (AvgIpc) is 3.09. The molecule has 0 radical (unpaired) electrons. The Balaban J connectivity index is 1.65. The molecule has 0 spiro atoms. The van der Waals surface area contributed by atoms with E-state index in [1.165, 1.54) is 18.3 Å². The standard InChI is InChI=1S/C19H18N4O3S/c1-12(24)20-15-9-7-13(8-10-15)18(25)21-19-23-22-17(27-19)11-14-5-3-4-6-16(14)26-2/h3-10H,11H2,1-2H3,(H,20,24)(H,21,23,25). The summed E-state index contributed by atoms with van der Waals surface area (Å²) in [6.45, 7) is 1.43. The number of aromatic nitrogens is 2. The quantitative estimate of drug-likeness (QED) is 0.682. The molecule has 1 heterocycles. The molecule has 0 saturated heterocycles. The lowest BCUT2D eigenvalue weighted by molar-refractivity contribution is -0.114. The molecule has 138 valence electrons. The Labute approximate surface area is 160 Å². The molecule has 0 unspecified atom stereocenters. The van der Waals surface area contributed by atoms with Gasteiger partial charge in [0.2, 0.25) is 11.0 Å². The molecule has 0 fully saturated rings. The number of carbonyl (C=O) groups is 2. The molecule has 0 aliphatic carbocycles. The van der Waals surface area contributed by atoms with E-state index in [0.29, 0.717) is 22.8 Å². The van der Waals surface area contributed by atoms with Crippen LogP contribution in [0.15, 0.2) is 48.5 Å². The molecular formula is C19H18N4O3S. The van der Waals surface area contributed by atoms with Crippen LogP contribution in [0.1, 0.15) is 27.9 Å². The monoisotopic (exact) mass is 382 g/mol. The van der Waals surface area contributed by atoms with Crippen molar-refractivity contribution in [1.82, 2.24) is 10.2 Å². The summed E-state index contributed by atoms with van der Waals surface area (Å²) in [6, 6.07) is 14.3. The molecule has 1 aromatic heterocycles. The number of benzene rings is 2. The van der Waals surface area contributed by atoms with Crippen LogP contribution in [0.2, 0.25) is 0 Å². The number of ether oxygens (including phenoxy) is 1. The Morgan fingerprint density at radius 3 is 2.48 bits per heavy atom. The van der Waals surface area contributed by atoms with Gasteiger partial charge in [0.15, 0.2) is 0 Å². The van der Waals surface area contributed by atoms with Crippen LogP contribution in [0.3, 0.4) is 0 Å². The summed E-state index contributed by atoms with van der Waals surface area (Å²) < 4.78 is 5.34. The van der Waals surface area contributed by atoms with Crippen LogP contribution < -0.4 is 15.4 Å². The second kappa shape index (κ2) is 8.41. The number of para-hydroxylation sites is 1. The third-order valence-corrected chi connectivity index (χ3v) is 4.53. The number of hydrogen-bond donors (Lipinski definition) is 2. The summed E-state index contributed by atoms with van der Waals surface area (Å²) in [5, 5.41) is 14.8. The van der Waals surface area contributed by atoms with Gasteiger partial charge in [-0.15, -0.1) is 10.2 Å². The van der Waals surface area contributed by atoms with Crippen molar-refractivity contribution >= 4 is 34.0 Å². The molecule has 0 bridgehead atoms. The first-order chi connectivity index (χ1) is 13.0. The van der Waals surface area contributed by atoms with Gasteiger partial charge in [-0.1, -0.05) is 29.5 Å². The SMILES string of the molecule is COc1ccccc1Cc1nnc(NC(=O)c2ccc(NC(C)=O)cc2)s1. The summed E-state index contributed by atoms with van der Waals surface area (Å²) in [4.78, 5) is 23.4. The highest BCUT2D eigenvalue weighted by atomic mass is 32.1. The first-order valence-corrected chi connectivity index (χ1v) is 9.00. The Morgan fingerprint density at radius 2 is 1.78 bits per heavy atom. The maximum atomic E-state index is 12.3. The van der Waals surface area contributed by atoms with Crippen molar-refractivity contribution in [2.45, 2.75) is 13.3 Å². The highest BCUT2D eigenvalue weighted by molar-refractivity contribution is 7.15. The predicted octanol–water partition coefficient (Wildman–Crippen LogP) is 3.35. The fraction of sp³-hybridized carbons (Fsp3) is 0.158. The van der Waals surface area contributed by atoms with E-state index >= 15 is 0 Å². The Kier molecular flexibility index (Phi) is 5.77. The predicted molar refractivity (Wildman–Crippen MR) is 104 cm³/mol. The van der Waals surface area contributed by atoms with E-state index < -0.39 is 0 Å². The molecular weight excluding hydrogens is 364 g/mol. The summed E-state index contributed by atoms with van der Waals surface area (Å²) in [7, 11) is 1.63. The first kappa shape index (κ1) is 18.5. The van der Waals surface area contributed by atoms with Gasteiger partial charge in [0, 0.05) is 30.2 Å². The smallest absolute Gasteiger partial charge is 0.257 e. The van der Waals surface area contributed by atoms with Crippen molar-refractivity contribution in [2.24, 2.45) is 0 Å². The molecule has 2 N–H and O–H groups in total. The molecule has 7 nitrogen and oxygen atoms in total. The lowest BCUT2D eigenvalue weighted by Gasteiger charge is -2.05. The number of nitrogens with one attached hydrogen (secondary N) is 2. The van der Waals surface area contributed by atoms with Crippen LogP contribution >= 0.6 is 11.3 Å². The minimum absolute atomic E-state index is 0.163. The average molecular weight is 382 g/mol. The first-order valence-electron chi connectivity index (χ1n) is 8.18. The zero-order chi connectivity index (χ0) is 19.2. The summed E-state index contributed by atoms with van der Waals surface area (Å²) in [5.41, 5.74) is 2.10. The molecule has 3 rings (SSSR count). The number of methoxy groups -OCH3 is 1. The number of anilines is 2. The van der Waals surface area contributed by atoms with Crippen LogP contribution in [0.4, 0.5) is 10.8 Å². The van der Waals surface area contributed by atoms with Crippen molar-refractivity contribution in [1.29, 1.82) is 0 Å². The van der Waals surface area contributed by atoms with E-state index in [1.807, 2.05) is 24.3 Å². The van der Waals surface area contributed by atoms with Crippen LogP contribution in [0, 0.1) is 0 Å². The van der Waals surface area contributed by atoms with Crippen molar-refractivity contribution in [3.8, 4) is 5.75 Å². The van der Waals surface area contributed by atoms with Gasteiger partial charge in [0.1, 0.15) is 10.8 Å². The van der Waals surface area contributed by atoms with Gasteiger partial charge < -0.3 is 10.1 Å². The molecule has 3 aromatic rings. The Bertz CT molecular complexity index is 954. The van der Waals surface area contributed by atoms with Crippen molar-refractivity contribution in [3.05, 3.63) is 64.7 Å². The van der Waals surface area contributed by atoms with E-state index in [1.54, 1.807) is 31.4 Å². The van der Waals surface area contributed by atoms with E-state index in [0.717, 1.165) is 16.3 Å². The zero-order valence-corrected chi connectivity index (χ0v) is 15.7. The lowest BCUT2D eigenvalue weighted by atomic mass is 10.1. The summed E-state index contributed by atoms with van der Waals surface area (Å²) in [5.74, 6) is 0.338. The second-order valence-corrected chi connectivity index (χ2v) is 6.76. The van der Waals surface area contributed by atoms with Crippen molar-refractivity contribution < 1.29 is 14.3 Å². The highest BCUT2D eigenvalue weighted by Gasteiger charge is 2.12. The van der Waals surface area contributed by atoms with E-state index in [4.69, 9.17) is 4.74 Å². The molecule has 27 heavy (non-hydrogen) atoms. The zero-order valence-electron chi connectivity index (χ0n) is 14.9. The fourth-order valence-electron chi connectivity index (χ4n) is 2.46. The molecule has 0 aliphatic heterocycles. The van der Waals surface area contributed by atoms with Gasteiger partial charge in [0.25, 0.3) is 5.91 Å². The van der Waals surface area contributed by atoms with Crippen LogP contribution in [-0.4, -0.2) is 29.1 Å². The van der Waals surface area contributed by atoms with Gasteiger partial charge in [-0.25, -0.2) is 0 Å². The third kappa shape index (κ3) is 4.89. The largest absolute Gasteiger partial charge is 0.496 e. The number of carbonyl (C=O) groups excluding carboxylic acids is 2. The van der Waals surface area contributed by atoms with Crippen LogP contribution in [0.25, 0.3) is 0 Å². The topological polar surface area (TPSA) is 93.2 Å². The summed E-state index contributed by atoms with van der Waals surface area (Å²) in [6.07, 6.45) is 0.572. The third-order valence-electron chi connectivity index (χ3n) is 3.69. The van der Waals surface area contributed by atoms with Gasteiger partial charge >= 0.3 is 0 Å². The normalized spacial score (nSPS) is 10.3. The Hall–Kier alpha value is -3.26. The van der Waals surface area contributed by atoms with Crippen LogP contribution in [0.5, 0.6) is 5.75 Å². The van der Waals surface area contributed by atoms with Crippen LogP contribution in [-0.2, 0) is 11.2 Å². The van der Waals surface area contributed by atoms with E-state index in [-0.39, 0.29) is 11.8 Å². The lowest BCUT2D eigenvalue weighted by Crippen LogP contribution is -2.12. The molecule has 0 atom stereocenters. The maximum Gasteiger partial charge on any atom is 0.257 e. The van der Waals surface area contributed by atoms with E-state index in [2.05, 4.69) is 20.8 Å². The van der Waals surface area contributed by atoms with Crippen molar-refractivity contribution in [3.63, 3.8) is 0 Å². The molecule has 0 aliphatic rings. The van der Waals surface area contributed by atoms with Gasteiger partial charge in [-0.05, 0) is 30.3 Å². The maximum absolute atomic E-state index is 12.3. The summed E-state index contributed by atoms with van der Waals surface area (Å²) >= 11 is 1.31. The molecule has 0 saturated carbocycles. The number of hydrogen-bond acceptors (Lipinski definition) is 6. The van der Waals surface area contributed by atoms with Gasteiger partial charge in [-0.3, -0.25) is 14.9 Å². The van der Waals surface area contributed by atoms with E-state index in [9.17, 15) is 9.59 Å². The second-order valence-electron chi connectivity index (χ2n) is 5.70.